The number of nitrogens with zero attached hydrogens (tertiary/aromatic N) is 1. The van der Waals surface area contributed by atoms with Crippen LogP contribution in [0.4, 0.5) is 0 Å². The molecule has 19 heavy (non-hydrogen) atoms. The second-order valence-electron chi connectivity index (χ2n) is 6.38. The van der Waals surface area contributed by atoms with Gasteiger partial charge in [-0.1, -0.05) is 39.9 Å². The van der Waals surface area contributed by atoms with Crippen LogP contribution in [0.5, 0.6) is 0 Å². The summed E-state index contributed by atoms with van der Waals surface area (Å²) in [4.78, 5) is 0.0837. The first-order valence-electron chi connectivity index (χ1n) is 6.89. The molecule has 1 unspecified atom stereocenters. The zero-order valence-electron chi connectivity index (χ0n) is 12.3. The molecule has 1 aliphatic heterocycles. The molecule has 0 saturated carbocycles. The molecule has 1 heterocycles. The molecule has 4 nitrogen and oxygen atoms in total. The van der Waals surface area contributed by atoms with E-state index < -0.39 is 15.3 Å². The van der Waals surface area contributed by atoms with Gasteiger partial charge in [0, 0.05) is 13.1 Å². The molecule has 6 heteroatoms. The van der Waals surface area contributed by atoms with Crippen molar-refractivity contribution in [3.63, 3.8) is 0 Å². The normalized spacial score (nSPS) is 21.3. The highest BCUT2D eigenvalue weighted by Gasteiger charge is 2.37. The minimum Gasteiger partial charge on any atom is -0.392 e. The van der Waals surface area contributed by atoms with Gasteiger partial charge in [-0.25, -0.2) is 12.7 Å². The van der Waals surface area contributed by atoms with Gasteiger partial charge in [-0.05, 0) is 30.6 Å². The summed E-state index contributed by atoms with van der Waals surface area (Å²) in [6.45, 7) is 9.62. The van der Waals surface area contributed by atoms with Crippen LogP contribution in [0.3, 0.4) is 0 Å². The van der Waals surface area contributed by atoms with E-state index in [9.17, 15) is 8.42 Å². The maximum atomic E-state index is 12.5. The van der Waals surface area contributed by atoms with Crippen molar-refractivity contribution in [2.24, 2.45) is 17.1 Å². The molecule has 0 radical (unpaired) electrons. The average molecular weight is 306 g/mol. The van der Waals surface area contributed by atoms with Crippen LogP contribution < -0.4 is 5.73 Å². The first-order chi connectivity index (χ1) is 8.60. The van der Waals surface area contributed by atoms with Gasteiger partial charge in [0.25, 0.3) is 0 Å². The van der Waals surface area contributed by atoms with Gasteiger partial charge in [-0.2, -0.15) is 0 Å². The Morgan fingerprint density at radius 2 is 1.84 bits per heavy atom. The fourth-order valence-electron chi connectivity index (χ4n) is 2.71. The lowest BCUT2D eigenvalue weighted by molar-refractivity contribution is 0.153. The van der Waals surface area contributed by atoms with Crippen LogP contribution in [0.15, 0.2) is 0 Å². The Morgan fingerprint density at radius 1 is 1.37 bits per heavy atom. The summed E-state index contributed by atoms with van der Waals surface area (Å²) in [6, 6.07) is 0. The Balaban J connectivity index is 2.77. The Bertz CT molecular complexity index is 418. The van der Waals surface area contributed by atoms with Crippen LogP contribution in [0.2, 0.25) is 0 Å². The van der Waals surface area contributed by atoms with Crippen LogP contribution in [-0.2, 0) is 10.0 Å². The van der Waals surface area contributed by atoms with Crippen molar-refractivity contribution in [1.29, 1.82) is 0 Å². The monoisotopic (exact) mass is 306 g/mol. The van der Waals surface area contributed by atoms with Crippen LogP contribution in [0, 0.1) is 11.3 Å². The molecule has 0 bridgehead atoms. The molecule has 0 amide bonds. The first-order valence-corrected chi connectivity index (χ1v) is 8.80. The number of nitrogens with two attached hydrogens (primary N) is 1. The smallest absolute Gasteiger partial charge is 0.223 e. The van der Waals surface area contributed by atoms with Crippen molar-refractivity contribution in [3.05, 3.63) is 0 Å². The summed E-state index contributed by atoms with van der Waals surface area (Å²) in [7, 11) is -3.38. The summed E-state index contributed by atoms with van der Waals surface area (Å²) in [5.41, 5.74) is 5.80. The van der Waals surface area contributed by atoms with Crippen molar-refractivity contribution in [2.75, 3.05) is 13.1 Å². The second kappa shape index (κ2) is 6.06. The summed E-state index contributed by atoms with van der Waals surface area (Å²) < 4.78 is 26.5. The summed E-state index contributed by atoms with van der Waals surface area (Å²) in [5, 5.41) is -0.714. The molecule has 1 atom stereocenters. The lowest BCUT2D eigenvalue weighted by Crippen LogP contribution is -2.48. The predicted octanol–water partition coefficient (Wildman–Crippen LogP) is 2.14. The first kappa shape index (κ1) is 16.9. The van der Waals surface area contributed by atoms with E-state index in [0.717, 1.165) is 12.8 Å². The molecule has 0 aromatic heterocycles. The lowest BCUT2D eigenvalue weighted by atomic mass is 9.76. The molecule has 1 fully saturated rings. The zero-order chi connectivity index (χ0) is 14.8. The number of piperidine rings is 1. The van der Waals surface area contributed by atoms with Crippen molar-refractivity contribution in [2.45, 2.75) is 52.2 Å². The Hall–Kier alpha value is -0.200. The minimum absolute atomic E-state index is 0.0837. The van der Waals surface area contributed by atoms with E-state index >= 15 is 0 Å². The maximum Gasteiger partial charge on any atom is 0.223 e. The summed E-state index contributed by atoms with van der Waals surface area (Å²) in [6.07, 6.45) is 2.27. The topological polar surface area (TPSA) is 63.4 Å². The fraction of sp³-hybridized carbons (Fsp3) is 0.923. The number of rotatable bonds is 4. The van der Waals surface area contributed by atoms with E-state index in [2.05, 4.69) is 20.8 Å². The fourth-order valence-corrected chi connectivity index (χ4v) is 5.04. The number of thiocarbonyl (C=S) groups is 1. The number of hydrogen-bond acceptors (Lipinski definition) is 3. The standard InChI is InChI=1S/C13H26N2O2S2/c1-5-11(12(14)18)19(16,17)15-8-6-10(7-9-15)13(2,3)4/h10-11H,5-9H2,1-4H3,(H2,14,18). The van der Waals surface area contributed by atoms with Gasteiger partial charge in [0.15, 0.2) is 0 Å². The van der Waals surface area contributed by atoms with Crippen LogP contribution in [0.1, 0.15) is 47.0 Å². The van der Waals surface area contributed by atoms with Crippen molar-refractivity contribution in [1.82, 2.24) is 4.31 Å². The van der Waals surface area contributed by atoms with E-state index in [1.807, 2.05) is 6.92 Å². The molecular formula is C13H26N2O2S2. The second-order valence-corrected chi connectivity index (χ2v) is 8.97. The number of sulfonamides is 1. The van der Waals surface area contributed by atoms with Crippen molar-refractivity contribution in [3.8, 4) is 0 Å². The molecule has 0 spiro atoms. The van der Waals surface area contributed by atoms with Gasteiger partial charge in [0.05, 0.1) is 4.99 Å². The van der Waals surface area contributed by atoms with E-state index in [-0.39, 0.29) is 10.4 Å². The Morgan fingerprint density at radius 3 is 2.16 bits per heavy atom. The van der Waals surface area contributed by atoms with E-state index in [1.165, 1.54) is 0 Å². The number of hydrogen-bond donors (Lipinski definition) is 1. The van der Waals surface area contributed by atoms with Crippen molar-refractivity contribution >= 4 is 27.2 Å². The van der Waals surface area contributed by atoms with Gasteiger partial charge < -0.3 is 5.73 Å². The Labute approximate surface area is 122 Å². The third kappa shape index (κ3) is 3.89. The molecule has 0 aromatic rings. The third-order valence-corrected chi connectivity index (χ3v) is 6.91. The third-order valence-electron chi connectivity index (χ3n) is 4.09. The van der Waals surface area contributed by atoms with Crippen LogP contribution in [-0.4, -0.2) is 36.1 Å². The molecular weight excluding hydrogens is 280 g/mol. The zero-order valence-corrected chi connectivity index (χ0v) is 14.0. The molecule has 2 N–H and O–H groups in total. The highest BCUT2D eigenvalue weighted by molar-refractivity contribution is 7.92. The van der Waals surface area contributed by atoms with Gasteiger partial charge in [-0.15, -0.1) is 0 Å². The molecule has 112 valence electrons. The summed E-state index contributed by atoms with van der Waals surface area (Å²) >= 11 is 4.89. The lowest BCUT2D eigenvalue weighted by Gasteiger charge is -2.39. The largest absolute Gasteiger partial charge is 0.392 e. The van der Waals surface area contributed by atoms with Crippen molar-refractivity contribution < 1.29 is 8.42 Å². The van der Waals surface area contributed by atoms with Gasteiger partial charge in [-0.3, -0.25) is 0 Å². The van der Waals surface area contributed by atoms with E-state index in [0.29, 0.717) is 25.4 Å². The molecule has 1 aliphatic rings. The minimum atomic E-state index is -3.38. The molecule has 0 aliphatic carbocycles. The highest BCUT2D eigenvalue weighted by Crippen LogP contribution is 2.35. The van der Waals surface area contributed by atoms with Gasteiger partial charge in [0.1, 0.15) is 5.25 Å². The Kier molecular flexibility index (Phi) is 5.37. The SMILES string of the molecule is CCC(C(N)=S)S(=O)(=O)N1CCC(C(C)(C)C)CC1. The molecule has 0 aromatic carbocycles. The quantitative estimate of drug-likeness (QED) is 0.808. The van der Waals surface area contributed by atoms with E-state index in [1.54, 1.807) is 4.31 Å². The van der Waals surface area contributed by atoms with Gasteiger partial charge in [0.2, 0.25) is 10.0 Å². The summed E-state index contributed by atoms with van der Waals surface area (Å²) in [5.74, 6) is 0.573. The van der Waals surface area contributed by atoms with E-state index in [4.69, 9.17) is 18.0 Å². The molecule has 1 rings (SSSR count). The predicted molar refractivity (Wildman–Crippen MR) is 83.5 cm³/mol. The molecule has 1 saturated heterocycles. The van der Waals surface area contributed by atoms with Crippen LogP contribution >= 0.6 is 12.2 Å². The average Bonchev–Trinajstić information content (AvgIpc) is 2.28. The highest BCUT2D eigenvalue weighted by atomic mass is 32.2. The van der Waals surface area contributed by atoms with Gasteiger partial charge >= 0.3 is 0 Å². The maximum absolute atomic E-state index is 12.5. The van der Waals surface area contributed by atoms with Crippen LogP contribution in [0.25, 0.3) is 0 Å².